The second-order valence-corrected chi connectivity index (χ2v) is 8.31. The van der Waals surface area contributed by atoms with Crippen LogP contribution in [-0.2, 0) is 11.3 Å². The zero-order valence-corrected chi connectivity index (χ0v) is 18.1. The first-order chi connectivity index (χ1) is 15.6. The van der Waals surface area contributed by atoms with Gasteiger partial charge in [-0.2, -0.15) is 0 Å². The molecule has 0 spiro atoms. The Morgan fingerprint density at radius 3 is 2.56 bits per heavy atom. The molecule has 0 radical (unpaired) electrons. The monoisotopic (exact) mass is 443 g/mol. The zero-order valence-electron chi connectivity index (χ0n) is 18.1. The molecule has 0 bridgehead atoms. The number of carbonyl (C=O) groups excluding carboxylic acids is 2. The van der Waals surface area contributed by atoms with Crippen LogP contribution in [0.1, 0.15) is 48.4 Å². The number of nitrogens with one attached hydrogen (secondary N) is 1. The summed E-state index contributed by atoms with van der Waals surface area (Å²) < 4.78 is 16.1. The van der Waals surface area contributed by atoms with Crippen molar-refractivity contribution in [2.24, 2.45) is 0 Å². The van der Waals surface area contributed by atoms with E-state index in [1.165, 1.54) is 25.0 Å². The van der Waals surface area contributed by atoms with Gasteiger partial charge < -0.3 is 23.8 Å². The summed E-state index contributed by atoms with van der Waals surface area (Å²) in [6.07, 6.45) is 8.22. The molecule has 2 aromatic rings. The average molecular weight is 444 g/mol. The van der Waals surface area contributed by atoms with Gasteiger partial charge in [0, 0.05) is 38.3 Å². The minimum atomic E-state index is -0.316. The lowest BCUT2D eigenvalue weighted by molar-refractivity contribution is -0.124. The highest BCUT2D eigenvalue weighted by Crippen LogP contribution is 2.17. The molecule has 2 aromatic heterocycles. The van der Waals surface area contributed by atoms with E-state index in [0.29, 0.717) is 44.2 Å². The minimum absolute atomic E-state index is 0.0291. The zero-order chi connectivity index (χ0) is 22.3. The number of rotatable bonds is 7. The van der Waals surface area contributed by atoms with E-state index in [0.717, 1.165) is 25.7 Å². The molecule has 9 nitrogen and oxygen atoms in total. The fraction of sp³-hybridized carbons (Fsp3) is 0.522. The summed E-state index contributed by atoms with van der Waals surface area (Å²) in [5.41, 5.74) is -0.316. The highest BCUT2D eigenvalue weighted by Gasteiger charge is 2.24. The average Bonchev–Trinajstić information content (AvgIpc) is 3.34. The van der Waals surface area contributed by atoms with E-state index in [4.69, 9.17) is 13.6 Å². The summed E-state index contributed by atoms with van der Waals surface area (Å²) in [6.45, 7) is 2.72. The maximum atomic E-state index is 12.4. The topological polar surface area (TPSA) is 105 Å². The molecular formula is C23H29N3O6. The summed E-state index contributed by atoms with van der Waals surface area (Å²) >= 11 is 0. The number of piperazine rings is 1. The van der Waals surface area contributed by atoms with Gasteiger partial charge >= 0.3 is 0 Å². The van der Waals surface area contributed by atoms with Crippen molar-refractivity contribution in [2.75, 3.05) is 32.8 Å². The van der Waals surface area contributed by atoms with E-state index >= 15 is 0 Å². The Balaban J connectivity index is 1.22. The second kappa shape index (κ2) is 10.5. The Kier molecular flexibility index (Phi) is 7.26. The molecule has 0 atom stereocenters. The Morgan fingerprint density at radius 1 is 1.09 bits per heavy atom. The number of carbonyl (C=O) groups is 2. The predicted molar refractivity (Wildman–Crippen MR) is 115 cm³/mol. The highest BCUT2D eigenvalue weighted by atomic mass is 16.5. The number of hydrogen-bond acceptors (Lipinski definition) is 7. The van der Waals surface area contributed by atoms with Crippen molar-refractivity contribution in [2.45, 2.75) is 44.7 Å². The number of hydrogen-bond donors (Lipinski definition) is 1. The second-order valence-electron chi connectivity index (χ2n) is 8.31. The quantitative estimate of drug-likeness (QED) is 0.698. The molecule has 0 unspecified atom stereocenters. The maximum Gasteiger partial charge on any atom is 0.289 e. The molecule has 2 aliphatic rings. The lowest BCUT2D eigenvalue weighted by atomic mass is 9.95. The van der Waals surface area contributed by atoms with Crippen LogP contribution in [0.15, 0.2) is 44.4 Å². The van der Waals surface area contributed by atoms with Crippen LogP contribution in [0.3, 0.4) is 0 Å². The first-order valence-corrected chi connectivity index (χ1v) is 11.2. The van der Waals surface area contributed by atoms with E-state index < -0.39 is 0 Å². The van der Waals surface area contributed by atoms with Crippen molar-refractivity contribution < 1.29 is 23.2 Å². The van der Waals surface area contributed by atoms with Crippen LogP contribution in [-0.4, -0.2) is 60.4 Å². The summed E-state index contributed by atoms with van der Waals surface area (Å²) in [6, 6.07) is 4.96. The van der Waals surface area contributed by atoms with Gasteiger partial charge in [-0.1, -0.05) is 19.3 Å². The fourth-order valence-electron chi connectivity index (χ4n) is 4.17. The number of nitrogens with zero attached hydrogens (tertiary/aromatic N) is 2. The molecule has 2 amide bonds. The third kappa shape index (κ3) is 5.79. The van der Waals surface area contributed by atoms with Crippen LogP contribution in [0, 0.1) is 0 Å². The SMILES string of the molecule is O=C(COc1coc(CN2CCN(C(=O)c3ccco3)CC2)cc1=O)NC1CCCCC1. The summed E-state index contributed by atoms with van der Waals surface area (Å²) in [5.74, 6) is 0.547. The highest BCUT2D eigenvalue weighted by molar-refractivity contribution is 5.91. The standard InChI is InChI=1S/C23H29N3O6/c27-19-13-18(14-25-8-10-26(11-9-25)23(29)20-7-4-12-30-20)31-15-21(19)32-16-22(28)24-17-5-2-1-3-6-17/h4,7,12-13,15,17H,1-3,5-6,8-11,14,16H2,(H,24,28). The Labute approximate surface area is 186 Å². The molecule has 32 heavy (non-hydrogen) atoms. The number of amides is 2. The molecule has 3 heterocycles. The van der Waals surface area contributed by atoms with Crippen LogP contribution in [0.4, 0.5) is 0 Å². The third-order valence-corrected chi connectivity index (χ3v) is 5.95. The summed E-state index contributed by atoms with van der Waals surface area (Å²) in [4.78, 5) is 40.6. The van der Waals surface area contributed by atoms with Crippen molar-refractivity contribution in [3.05, 3.63) is 52.5 Å². The van der Waals surface area contributed by atoms with E-state index in [-0.39, 0.29) is 35.6 Å². The van der Waals surface area contributed by atoms with Crippen LogP contribution in [0.25, 0.3) is 0 Å². The number of furan rings is 1. The van der Waals surface area contributed by atoms with Gasteiger partial charge in [-0.3, -0.25) is 19.3 Å². The normalized spacial score (nSPS) is 17.8. The molecule has 1 saturated heterocycles. The summed E-state index contributed by atoms with van der Waals surface area (Å²) in [5, 5.41) is 2.96. The first kappa shape index (κ1) is 22.1. The van der Waals surface area contributed by atoms with Crippen LogP contribution < -0.4 is 15.5 Å². The molecule has 4 rings (SSSR count). The van der Waals surface area contributed by atoms with Crippen molar-refractivity contribution in [3.63, 3.8) is 0 Å². The molecule has 0 aromatic carbocycles. The van der Waals surface area contributed by atoms with Crippen LogP contribution >= 0.6 is 0 Å². The molecule has 1 saturated carbocycles. The number of ether oxygens (including phenoxy) is 1. The predicted octanol–water partition coefficient (Wildman–Crippen LogP) is 2.02. The molecule has 1 aliphatic heterocycles. The molecule has 1 N–H and O–H groups in total. The molecule has 1 aliphatic carbocycles. The third-order valence-electron chi connectivity index (χ3n) is 5.95. The largest absolute Gasteiger partial charge is 0.477 e. The van der Waals surface area contributed by atoms with Crippen LogP contribution in [0.2, 0.25) is 0 Å². The van der Waals surface area contributed by atoms with Crippen molar-refractivity contribution in [3.8, 4) is 5.75 Å². The minimum Gasteiger partial charge on any atom is -0.477 e. The molecule has 2 fully saturated rings. The molecule has 172 valence electrons. The molecule has 9 heteroatoms. The van der Waals surface area contributed by atoms with Gasteiger partial charge in [-0.25, -0.2) is 0 Å². The van der Waals surface area contributed by atoms with E-state index in [9.17, 15) is 14.4 Å². The maximum absolute atomic E-state index is 12.4. The van der Waals surface area contributed by atoms with Crippen molar-refractivity contribution in [1.82, 2.24) is 15.1 Å². The first-order valence-electron chi connectivity index (χ1n) is 11.2. The van der Waals surface area contributed by atoms with Gasteiger partial charge in [-0.15, -0.1) is 0 Å². The van der Waals surface area contributed by atoms with Gasteiger partial charge in [0.05, 0.1) is 12.8 Å². The van der Waals surface area contributed by atoms with Gasteiger partial charge in [-0.05, 0) is 25.0 Å². The molecular weight excluding hydrogens is 414 g/mol. The smallest absolute Gasteiger partial charge is 0.289 e. The van der Waals surface area contributed by atoms with Crippen LogP contribution in [0.5, 0.6) is 5.75 Å². The van der Waals surface area contributed by atoms with E-state index in [2.05, 4.69) is 10.2 Å². The van der Waals surface area contributed by atoms with Gasteiger partial charge in [0.2, 0.25) is 11.2 Å². The fourth-order valence-corrected chi connectivity index (χ4v) is 4.17. The summed E-state index contributed by atoms with van der Waals surface area (Å²) in [7, 11) is 0. The van der Waals surface area contributed by atoms with Gasteiger partial charge in [0.15, 0.2) is 12.4 Å². The Morgan fingerprint density at radius 2 is 1.88 bits per heavy atom. The van der Waals surface area contributed by atoms with Gasteiger partial charge in [0.25, 0.3) is 11.8 Å². The Hall–Kier alpha value is -3.07. The van der Waals surface area contributed by atoms with E-state index in [1.54, 1.807) is 17.0 Å². The van der Waals surface area contributed by atoms with E-state index in [1.807, 2.05) is 0 Å². The lowest BCUT2D eigenvalue weighted by Gasteiger charge is -2.33. The van der Waals surface area contributed by atoms with Crippen molar-refractivity contribution in [1.29, 1.82) is 0 Å². The Bertz CT molecular complexity index is 956. The van der Waals surface area contributed by atoms with Gasteiger partial charge in [0.1, 0.15) is 12.0 Å². The van der Waals surface area contributed by atoms with Crippen molar-refractivity contribution >= 4 is 11.8 Å². The lowest BCUT2D eigenvalue weighted by Crippen LogP contribution is -2.48.